The third-order valence-corrected chi connectivity index (χ3v) is 6.31. The van der Waals surface area contributed by atoms with Crippen molar-refractivity contribution in [2.45, 2.75) is 13.8 Å². The molecule has 0 heterocycles. The number of hydrogen-bond acceptors (Lipinski definition) is 7. The molecule has 0 saturated heterocycles. The fraction of sp³-hybridized carbons (Fsp3) is 0.171. The van der Waals surface area contributed by atoms with Gasteiger partial charge in [-0.25, -0.2) is 9.59 Å². The Hall–Kier alpha value is -5.35. The minimum atomic E-state index is -0.469. The summed E-state index contributed by atoms with van der Waals surface area (Å²) in [5, 5.41) is 11.2. The van der Waals surface area contributed by atoms with Crippen LogP contribution in [0.2, 0.25) is 0 Å². The fourth-order valence-electron chi connectivity index (χ4n) is 4.29. The molecule has 0 spiro atoms. The summed E-state index contributed by atoms with van der Waals surface area (Å²) in [5.74, 6) is 0.334. The second-order valence-corrected chi connectivity index (χ2v) is 9.59. The molecule has 0 bridgehead atoms. The van der Waals surface area contributed by atoms with E-state index in [2.05, 4.69) is 19.2 Å². The van der Waals surface area contributed by atoms with Crippen molar-refractivity contribution in [2.75, 3.05) is 26.4 Å². The number of para-hydroxylation sites is 1. The molecule has 212 valence electrons. The van der Waals surface area contributed by atoms with E-state index in [1.54, 1.807) is 19.9 Å². The maximum absolute atomic E-state index is 11.8. The summed E-state index contributed by atoms with van der Waals surface area (Å²) in [6.45, 7) is 10.9. The Morgan fingerprint density at radius 1 is 0.714 bits per heavy atom. The highest BCUT2D eigenvalue weighted by Gasteiger charge is 2.15. The lowest BCUT2D eigenvalue weighted by molar-refractivity contribution is -0.140. The predicted molar refractivity (Wildman–Crippen MR) is 162 cm³/mol. The summed E-state index contributed by atoms with van der Waals surface area (Å²) in [7, 11) is 0. The normalized spacial score (nSPS) is 10.4. The molecule has 0 saturated carbocycles. The Morgan fingerprint density at radius 2 is 1.36 bits per heavy atom. The lowest BCUT2D eigenvalue weighted by Gasteiger charge is -2.17. The van der Waals surface area contributed by atoms with Crippen molar-refractivity contribution in [1.82, 2.24) is 0 Å². The second kappa shape index (κ2) is 13.8. The fourth-order valence-corrected chi connectivity index (χ4v) is 4.29. The van der Waals surface area contributed by atoms with Gasteiger partial charge in [0.25, 0.3) is 0 Å². The summed E-state index contributed by atoms with van der Waals surface area (Å²) >= 11 is 0. The smallest absolute Gasteiger partial charge is 0.333 e. The highest BCUT2D eigenvalue weighted by atomic mass is 16.6. The highest BCUT2D eigenvalue weighted by Crippen LogP contribution is 2.40. The molecule has 0 aliphatic carbocycles. The van der Waals surface area contributed by atoms with Crippen molar-refractivity contribution in [3.63, 3.8) is 0 Å². The average molecular weight is 562 g/mol. The molecular weight excluding hydrogens is 530 g/mol. The van der Waals surface area contributed by atoms with Crippen molar-refractivity contribution in [3.05, 3.63) is 109 Å². The second-order valence-electron chi connectivity index (χ2n) is 9.59. The van der Waals surface area contributed by atoms with Crippen LogP contribution >= 0.6 is 0 Å². The number of hydrogen-bond donors (Lipinski definition) is 0. The van der Waals surface area contributed by atoms with E-state index >= 15 is 0 Å². The highest BCUT2D eigenvalue weighted by molar-refractivity contribution is 6.01. The monoisotopic (exact) mass is 561 g/mol. The molecular formula is C35H31NO6. The Labute approximate surface area is 245 Å². The minimum absolute atomic E-state index is 0.0724. The zero-order chi connectivity index (χ0) is 30.1. The van der Waals surface area contributed by atoms with Gasteiger partial charge in [-0.1, -0.05) is 61.7 Å². The van der Waals surface area contributed by atoms with Crippen molar-refractivity contribution >= 4 is 22.7 Å². The first-order chi connectivity index (χ1) is 20.3. The first-order valence-corrected chi connectivity index (χ1v) is 13.4. The molecule has 0 aliphatic rings. The maximum atomic E-state index is 11.8. The molecule has 0 aliphatic heterocycles. The van der Waals surface area contributed by atoms with Crippen LogP contribution in [0.5, 0.6) is 11.5 Å². The third kappa shape index (κ3) is 7.23. The SMILES string of the molecule is C=C(C)C(=O)OCCOc1ccccc1-c1cccc(-c2c(OCCOC(=O)C(=C)C)ccc3cc(C#N)ccc23)c1. The van der Waals surface area contributed by atoms with Crippen LogP contribution in [0, 0.1) is 11.3 Å². The molecule has 42 heavy (non-hydrogen) atoms. The third-order valence-electron chi connectivity index (χ3n) is 6.31. The van der Waals surface area contributed by atoms with Gasteiger partial charge in [0.2, 0.25) is 0 Å². The van der Waals surface area contributed by atoms with E-state index in [-0.39, 0.29) is 26.4 Å². The summed E-state index contributed by atoms with van der Waals surface area (Å²) < 4.78 is 22.4. The predicted octanol–water partition coefficient (Wildman–Crippen LogP) is 7.04. The topological polar surface area (TPSA) is 94.8 Å². The number of carbonyl (C=O) groups is 2. The first-order valence-electron chi connectivity index (χ1n) is 13.4. The molecule has 0 unspecified atom stereocenters. The molecule has 0 amide bonds. The molecule has 0 radical (unpaired) electrons. The molecule has 0 fully saturated rings. The number of fused-ring (bicyclic) bond motifs is 1. The molecule has 4 rings (SSSR count). The van der Waals surface area contributed by atoms with E-state index in [0.717, 1.165) is 33.0 Å². The van der Waals surface area contributed by atoms with Gasteiger partial charge in [-0.05, 0) is 66.1 Å². The van der Waals surface area contributed by atoms with Gasteiger partial charge >= 0.3 is 11.9 Å². The average Bonchev–Trinajstić information content (AvgIpc) is 3.00. The molecule has 7 heteroatoms. The standard InChI is InChI=1S/C35H31NO6/c1-23(2)34(37)41-18-16-39-31-11-6-5-10-29(31)26-8-7-9-28(21-26)33-30-14-12-25(22-36)20-27(30)13-15-32(33)40-17-19-42-35(38)24(3)4/h5-15,20-21H,1,3,16-19H2,2,4H3. The van der Waals surface area contributed by atoms with E-state index in [1.807, 2.05) is 72.8 Å². The van der Waals surface area contributed by atoms with Crippen LogP contribution in [-0.2, 0) is 19.1 Å². The number of rotatable bonds is 12. The quantitative estimate of drug-likeness (QED) is 0.104. The van der Waals surface area contributed by atoms with Gasteiger partial charge in [0.05, 0.1) is 11.6 Å². The lowest BCUT2D eigenvalue weighted by atomic mass is 9.93. The van der Waals surface area contributed by atoms with Crippen LogP contribution in [0.1, 0.15) is 19.4 Å². The van der Waals surface area contributed by atoms with Crippen LogP contribution in [0.3, 0.4) is 0 Å². The first kappa shape index (κ1) is 29.6. The van der Waals surface area contributed by atoms with E-state index in [0.29, 0.717) is 28.2 Å². The molecule has 0 atom stereocenters. The van der Waals surface area contributed by atoms with Crippen molar-refractivity contribution in [2.24, 2.45) is 0 Å². The van der Waals surface area contributed by atoms with Crippen molar-refractivity contribution < 1.29 is 28.5 Å². The maximum Gasteiger partial charge on any atom is 0.333 e. The molecule has 7 nitrogen and oxygen atoms in total. The number of ether oxygens (including phenoxy) is 4. The van der Waals surface area contributed by atoms with Gasteiger partial charge in [0.1, 0.15) is 37.9 Å². The molecule has 4 aromatic carbocycles. The van der Waals surface area contributed by atoms with Gasteiger partial charge in [-0.3, -0.25) is 0 Å². The number of nitriles is 1. The zero-order valence-electron chi connectivity index (χ0n) is 23.6. The van der Waals surface area contributed by atoms with Crippen molar-refractivity contribution in [3.8, 4) is 39.8 Å². The minimum Gasteiger partial charge on any atom is -0.489 e. The van der Waals surface area contributed by atoms with Gasteiger partial charge in [-0.2, -0.15) is 5.26 Å². The number of carbonyl (C=O) groups excluding carboxylic acids is 2. The van der Waals surface area contributed by atoms with Crippen molar-refractivity contribution in [1.29, 1.82) is 5.26 Å². The molecule has 0 N–H and O–H groups in total. The van der Waals surface area contributed by atoms with E-state index in [9.17, 15) is 14.9 Å². The largest absolute Gasteiger partial charge is 0.489 e. The number of benzene rings is 4. The van der Waals surface area contributed by atoms with E-state index in [1.165, 1.54) is 0 Å². The Kier molecular flexibility index (Phi) is 9.75. The summed E-state index contributed by atoms with van der Waals surface area (Å²) in [5.41, 5.74) is 4.73. The Morgan fingerprint density at radius 3 is 2.02 bits per heavy atom. The van der Waals surface area contributed by atoms with E-state index < -0.39 is 11.9 Å². The van der Waals surface area contributed by atoms with Gasteiger partial charge in [0.15, 0.2) is 0 Å². The summed E-state index contributed by atoms with van der Waals surface area (Å²) in [6.07, 6.45) is 0. The van der Waals surface area contributed by atoms with Crippen LogP contribution < -0.4 is 9.47 Å². The van der Waals surface area contributed by atoms with Gasteiger partial charge < -0.3 is 18.9 Å². The zero-order valence-corrected chi connectivity index (χ0v) is 23.6. The lowest BCUT2D eigenvalue weighted by Crippen LogP contribution is -2.12. The van der Waals surface area contributed by atoms with Crippen LogP contribution in [-0.4, -0.2) is 38.4 Å². The van der Waals surface area contributed by atoms with Crippen LogP contribution in [0.15, 0.2) is 103 Å². The van der Waals surface area contributed by atoms with Gasteiger partial charge in [-0.15, -0.1) is 0 Å². The summed E-state index contributed by atoms with van der Waals surface area (Å²) in [4.78, 5) is 23.5. The Balaban J connectivity index is 1.66. The molecule has 4 aromatic rings. The van der Waals surface area contributed by atoms with Crippen LogP contribution in [0.25, 0.3) is 33.0 Å². The van der Waals surface area contributed by atoms with E-state index in [4.69, 9.17) is 18.9 Å². The summed E-state index contributed by atoms with van der Waals surface area (Å²) in [6, 6.07) is 27.1. The number of nitrogens with zero attached hydrogens (tertiary/aromatic N) is 1. The Bertz CT molecular complexity index is 1700. The number of esters is 2. The molecule has 0 aromatic heterocycles. The van der Waals surface area contributed by atoms with Crippen LogP contribution in [0.4, 0.5) is 0 Å². The van der Waals surface area contributed by atoms with Gasteiger partial charge in [0, 0.05) is 22.3 Å².